The zero-order valence-corrected chi connectivity index (χ0v) is 13.5. The number of imidazole rings is 1. The summed E-state index contributed by atoms with van der Waals surface area (Å²) in [6, 6.07) is 12.8. The lowest BCUT2D eigenvalue weighted by Crippen LogP contribution is -2.33. The summed E-state index contributed by atoms with van der Waals surface area (Å²) in [6.07, 6.45) is 0.152. The second kappa shape index (κ2) is 5.80. The van der Waals surface area contributed by atoms with Crippen LogP contribution in [-0.2, 0) is 4.74 Å². The van der Waals surface area contributed by atoms with Gasteiger partial charge in [-0.05, 0) is 42.7 Å². The smallest absolute Gasteiger partial charge is 0.138 e. The molecule has 0 spiro atoms. The first-order chi connectivity index (χ1) is 11.2. The van der Waals surface area contributed by atoms with Crippen LogP contribution in [0.25, 0.3) is 22.4 Å². The molecule has 1 aromatic heterocycles. The molecule has 1 aliphatic rings. The zero-order valence-electron chi connectivity index (χ0n) is 13.5. The van der Waals surface area contributed by atoms with Crippen molar-refractivity contribution in [2.45, 2.75) is 20.0 Å². The Labute approximate surface area is 135 Å². The Balaban J connectivity index is 1.65. The minimum Gasteiger partial charge on any atom is -0.371 e. The highest BCUT2D eigenvalue weighted by Crippen LogP contribution is 2.25. The third kappa shape index (κ3) is 2.76. The highest BCUT2D eigenvalue weighted by Gasteiger charge is 2.15. The van der Waals surface area contributed by atoms with E-state index < -0.39 is 0 Å². The molecule has 1 unspecified atom stereocenters. The van der Waals surface area contributed by atoms with Gasteiger partial charge in [0.25, 0.3) is 0 Å². The van der Waals surface area contributed by atoms with Crippen molar-refractivity contribution < 1.29 is 4.74 Å². The van der Waals surface area contributed by atoms with Crippen molar-refractivity contribution >= 4 is 11.0 Å². The van der Waals surface area contributed by atoms with E-state index in [1.54, 1.807) is 0 Å². The summed E-state index contributed by atoms with van der Waals surface area (Å²) in [4.78, 5) is 8.15. The molecule has 0 amide bonds. The Morgan fingerprint density at radius 1 is 1.09 bits per heavy atom. The monoisotopic (exact) mass is 307 g/mol. The van der Waals surface area contributed by atoms with Crippen LogP contribution in [0.5, 0.6) is 0 Å². The number of benzene rings is 2. The first-order valence-corrected chi connectivity index (χ1v) is 8.10. The van der Waals surface area contributed by atoms with Crippen LogP contribution in [0.3, 0.4) is 0 Å². The first kappa shape index (κ1) is 14.4. The third-order valence-electron chi connectivity index (χ3n) is 4.58. The van der Waals surface area contributed by atoms with Gasteiger partial charge >= 0.3 is 0 Å². The molecule has 23 heavy (non-hydrogen) atoms. The Bertz CT molecular complexity index is 791. The number of rotatable bonds is 2. The van der Waals surface area contributed by atoms with Gasteiger partial charge in [-0.15, -0.1) is 0 Å². The van der Waals surface area contributed by atoms with E-state index in [4.69, 9.17) is 9.72 Å². The van der Waals surface area contributed by atoms with Crippen LogP contribution in [0.1, 0.15) is 22.8 Å². The molecule has 4 rings (SSSR count). The van der Waals surface area contributed by atoms with Crippen molar-refractivity contribution in [3.63, 3.8) is 0 Å². The minimum atomic E-state index is 0.152. The largest absolute Gasteiger partial charge is 0.371 e. The fraction of sp³-hybridized carbons (Fsp3) is 0.316. The van der Waals surface area contributed by atoms with E-state index in [1.807, 2.05) is 0 Å². The van der Waals surface area contributed by atoms with E-state index in [0.29, 0.717) is 0 Å². The van der Waals surface area contributed by atoms with E-state index in [-0.39, 0.29) is 6.10 Å². The second-order valence-electron chi connectivity index (χ2n) is 6.22. The van der Waals surface area contributed by atoms with Gasteiger partial charge < -0.3 is 15.0 Å². The van der Waals surface area contributed by atoms with Crippen molar-refractivity contribution in [3.05, 3.63) is 53.1 Å². The molecule has 0 bridgehead atoms. The molecule has 2 heterocycles. The first-order valence-electron chi connectivity index (χ1n) is 8.10. The summed E-state index contributed by atoms with van der Waals surface area (Å²) in [5.41, 5.74) is 6.98. The second-order valence-corrected chi connectivity index (χ2v) is 6.22. The van der Waals surface area contributed by atoms with Crippen molar-refractivity contribution in [1.82, 2.24) is 15.3 Å². The topological polar surface area (TPSA) is 49.9 Å². The molecule has 4 heteroatoms. The number of nitrogens with one attached hydrogen (secondary N) is 2. The molecular formula is C19H21N3O. The van der Waals surface area contributed by atoms with Gasteiger partial charge in [-0.1, -0.05) is 24.3 Å². The van der Waals surface area contributed by atoms with E-state index in [9.17, 15) is 0 Å². The number of hydrogen-bond donors (Lipinski definition) is 2. The molecule has 1 saturated heterocycles. The number of morpholine rings is 1. The highest BCUT2D eigenvalue weighted by atomic mass is 16.5. The lowest BCUT2D eigenvalue weighted by molar-refractivity contribution is 0.0277. The van der Waals surface area contributed by atoms with Gasteiger partial charge in [0.1, 0.15) is 5.82 Å². The minimum absolute atomic E-state index is 0.152. The van der Waals surface area contributed by atoms with Crippen LogP contribution >= 0.6 is 0 Å². The predicted octanol–water partition coefficient (Wildman–Crippen LogP) is 3.51. The Kier molecular flexibility index (Phi) is 3.63. The SMILES string of the molecule is Cc1cc2nc(-c3ccc(C4CNCCO4)cc3)[nH]c2cc1C. The Morgan fingerprint density at radius 2 is 1.87 bits per heavy atom. The third-order valence-corrected chi connectivity index (χ3v) is 4.58. The number of ether oxygens (including phenoxy) is 1. The van der Waals surface area contributed by atoms with Gasteiger partial charge in [-0.2, -0.15) is 0 Å². The van der Waals surface area contributed by atoms with Crippen molar-refractivity contribution in [2.75, 3.05) is 19.7 Å². The van der Waals surface area contributed by atoms with E-state index in [2.05, 4.69) is 60.5 Å². The maximum Gasteiger partial charge on any atom is 0.138 e. The highest BCUT2D eigenvalue weighted by molar-refractivity contribution is 5.81. The standard InChI is InChI=1S/C19H21N3O/c1-12-9-16-17(10-13(12)2)22-19(21-16)15-5-3-14(4-6-15)18-11-20-7-8-23-18/h3-6,9-10,18,20H,7-8,11H2,1-2H3,(H,21,22). The lowest BCUT2D eigenvalue weighted by Gasteiger charge is -2.24. The summed E-state index contributed by atoms with van der Waals surface area (Å²) in [6.45, 7) is 6.84. The molecule has 0 radical (unpaired) electrons. The number of H-pyrrole nitrogens is 1. The predicted molar refractivity (Wildman–Crippen MR) is 92.6 cm³/mol. The molecule has 4 nitrogen and oxygen atoms in total. The van der Waals surface area contributed by atoms with Gasteiger partial charge in [0.05, 0.1) is 23.7 Å². The molecule has 1 fully saturated rings. The van der Waals surface area contributed by atoms with Crippen LogP contribution < -0.4 is 5.32 Å². The quantitative estimate of drug-likeness (QED) is 0.762. The molecule has 2 aromatic carbocycles. The normalized spacial score (nSPS) is 18.4. The summed E-state index contributed by atoms with van der Waals surface area (Å²) in [5, 5.41) is 3.36. The number of nitrogens with zero attached hydrogens (tertiary/aromatic N) is 1. The number of aromatic nitrogens is 2. The molecule has 0 saturated carbocycles. The van der Waals surface area contributed by atoms with E-state index in [1.165, 1.54) is 16.7 Å². The number of aryl methyl sites for hydroxylation is 2. The van der Waals surface area contributed by atoms with Crippen LogP contribution in [0.2, 0.25) is 0 Å². The molecule has 118 valence electrons. The number of fused-ring (bicyclic) bond motifs is 1. The Morgan fingerprint density at radius 3 is 2.61 bits per heavy atom. The average molecular weight is 307 g/mol. The van der Waals surface area contributed by atoms with Crippen LogP contribution in [-0.4, -0.2) is 29.7 Å². The van der Waals surface area contributed by atoms with Crippen LogP contribution in [0.4, 0.5) is 0 Å². The van der Waals surface area contributed by atoms with Gasteiger partial charge in [0.2, 0.25) is 0 Å². The van der Waals surface area contributed by atoms with Gasteiger partial charge in [0, 0.05) is 18.7 Å². The van der Waals surface area contributed by atoms with Crippen LogP contribution in [0, 0.1) is 13.8 Å². The fourth-order valence-corrected chi connectivity index (χ4v) is 3.04. The van der Waals surface area contributed by atoms with E-state index in [0.717, 1.165) is 42.1 Å². The molecule has 3 aromatic rings. The molecule has 2 N–H and O–H groups in total. The van der Waals surface area contributed by atoms with Crippen molar-refractivity contribution in [2.24, 2.45) is 0 Å². The maximum absolute atomic E-state index is 5.80. The molecular weight excluding hydrogens is 286 g/mol. The Hall–Kier alpha value is -2.17. The van der Waals surface area contributed by atoms with Crippen molar-refractivity contribution in [3.8, 4) is 11.4 Å². The van der Waals surface area contributed by atoms with Crippen molar-refractivity contribution in [1.29, 1.82) is 0 Å². The average Bonchev–Trinajstić information content (AvgIpc) is 2.99. The van der Waals surface area contributed by atoms with Gasteiger partial charge in [-0.3, -0.25) is 0 Å². The van der Waals surface area contributed by atoms with Gasteiger partial charge in [-0.25, -0.2) is 4.98 Å². The summed E-state index contributed by atoms with van der Waals surface area (Å²) in [7, 11) is 0. The maximum atomic E-state index is 5.80. The van der Waals surface area contributed by atoms with Crippen LogP contribution in [0.15, 0.2) is 36.4 Å². The van der Waals surface area contributed by atoms with E-state index >= 15 is 0 Å². The number of aromatic amines is 1. The number of hydrogen-bond acceptors (Lipinski definition) is 3. The summed E-state index contributed by atoms with van der Waals surface area (Å²) in [5.74, 6) is 0.916. The fourth-order valence-electron chi connectivity index (χ4n) is 3.04. The zero-order chi connectivity index (χ0) is 15.8. The molecule has 1 aliphatic heterocycles. The molecule has 1 atom stereocenters. The summed E-state index contributed by atoms with van der Waals surface area (Å²) >= 11 is 0. The molecule has 0 aliphatic carbocycles. The summed E-state index contributed by atoms with van der Waals surface area (Å²) < 4.78 is 5.80. The van der Waals surface area contributed by atoms with Gasteiger partial charge in [0.15, 0.2) is 0 Å². The lowest BCUT2D eigenvalue weighted by atomic mass is 10.1.